The molecule has 0 amide bonds. The summed E-state index contributed by atoms with van der Waals surface area (Å²) in [5.74, 6) is -0.310. The van der Waals surface area contributed by atoms with Gasteiger partial charge in [-0.05, 0) is 23.3 Å². The minimum absolute atomic E-state index is 0.314. The third-order valence-corrected chi connectivity index (χ3v) is 5.69. The minimum atomic E-state index is -4.01. The topological polar surface area (TPSA) is 69.7 Å². The highest BCUT2D eigenvalue weighted by Crippen LogP contribution is 2.37. The predicted molar refractivity (Wildman–Crippen MR) is 105 cm³/mol. The van der Waals surface area contributed by atoms with Crippen molar-refractivity contribution in [2.45, 2.75) is 18.0 Å². The molecule has 1 aliphatic heterocycles. The van der Waals surface area contributed by atoms with Gasteiger partial charge in [0.05, 0.1) is 5.56 Å². The molecule has 0 saturated carbocycles. The van der Waals surface area contributed by atoms with Crippen molar-refractivity contribution >= 4 is 15.9 Å². The van der Waals surface area contributed by atoms with Gasteiger partial charge in [-0.1, -0.05) is 72.8 Å². The second-order valence-electron chi connectivity index (χ2n) is 6.51. The molecule has 0 saturated heterocycles. The summed E-state index contributed by atoms with van der Waals surface area (Å²) in [4.78, 5) is 13.1. The second-order valence-corrected chi connectivity index (χ2v) is 8.11. The molecule has 142 valence electrons. The molecule has 4 rings (SSSR count). The molecule has 0 fully saturated rings. The van der Waals surface area contributed by atoms with Crippen LogP contribution in [0.1, 0.15) is 27.6 Å². The van der Waals surface area contributed by atoms with Gasteiger partial charge in [-0.3, -0.25) is 8.98 Å². The largest absolute Gasteiger partial charge is 0.482 e. The van der Waals surface area contributed by atoms with E-state index in [1.54, 1.807) is 78.9 Å². The Balaban J connectivity index is 1.68. The van der Waals surface area contributed by atoms with Crippen LogP contribution in [0.3, 0.4) is 0 Å². The zero-order valence-electron chi connectivity index (χ0n) is 14.9. The smallest absolute Gasteiger partial charge is 0.272 e. The number of carbonyl (C=O) groups is 1. The van der Waals surface area contributed by atoms with E-state index in [2.05, 4.69) is 0 Å². The van der Waals surface area contributed by atoms with Gasteiger partial charge in [0.25, 0.3) is 10.1 Å². The minimum Gasteiger partial charge on any atom is -0.482 e. The number of benzene rings is 3. The van der Waals surface area contributed by atoms with Gasteiger partial charge in [0.15, 0.2) is 12.2 Å². The van der Waals surface area contributed by atoms with Crippen molar-refractivity contribution in [2.24, 2.45) is 0 Å². The number of rotatable bonds is 5. The maximum Gasteiger partial charge on any atom is 0.272 e. The van der Waals surface area contributed by atoms with Crippen molar-refractivity contribution in [2.75, 3.05) is 0 Å². The summed E-state index contributed by atoms with van der Waals surface area (Å²) < 4.78 is 36.7. The number of carbonyl (C=O) groups excluding carboxylic acids is 1. The van der Waals surface area contributed by atoms with Crippen LogP contribution in [-0.2, 0) is 20.1 Å². The number of hydrogen-bond acceptors (Lipinski definition) is 5. The Kier molecular flexibility index (Phi) is 4.98. The van der Waals surface area contributed by atoms with Crippen molar-refractivity contribution in [3.63, 3.8) is 0 Å². The highest BCUT2D eigenvalue weighted by Gasteiger charge is 2.41. The lowest BCUT2D eigenvalue weighted by Gasteiger charge is -2.32. The number of ether oxygens (including phenoxy) is 1. The Labute approximate surface area is 163 Å². The average molecular weight is 394 g/mol. The highest BCUT2D eigenvalue weighted by molar-refractivity contribution is 7.85. The summed E-state index contributed by atoms with van der Waals surface area (Å²) in [5.41, 5.74) is 1.57. The molecule has 5 nitrogen and oxygen atoms in total. The lowest BCUT2D eigenvalue weighted by Crippen LogP contribution is -2.40. The van der Waals surface area contributed by atoms with Crippen LogP contribution in [0, 0.1) is 0 Å². The molecule has 0 aliphatic carbocycles. The third-order valence-electron chi connectivity index (χ3n) is 4.50. The lowest BCUT2D eigenvalue weighted by atomic mass is 9.94. The maximum atomic E-state index is 13.1. The molecule has 0 radical (unpaired) electrons. The van der Waals surface area contributed by atoms with E-state index in [1.807, 2.05) is 6.07 Å². The summed E-state index contributed by atoms with van der Waals surface area (Å²) in [6.45, 7) is 0. The van der Waals surface area contributed by atoms with Crippen molar-refractivity contribution in [1.82, 2.24) is 0 Å². The fourth-order valence-corrected chi connectivity index (χ4v) is 4.39. The summed E-state index contributed by atoms with van der Waals surface area (Å²) in [5, 5.41) is 0. The number of ketones is 1. The predicted octanol–water partition coefficient (Wildman–Crippen LogP) is 3.92. The highest BCUT2D eigenvalue weighted by atomic mass is 32.2. The van der Waals surface area contributed by atoms with E-state index in [4.69, 9.17) is 8.92 Å². The summed E-state index contributed by atoms with van der Waals surface area (Å²) in [6, 6.07) is 24.5. The standard InChI is InChI=1S/C22H18O5S/c23-20-18-13-7-8-14-19(18)26-21(17-11-5-2-6-12-17)22(20)27-28(24,25)15-16-9-3-1-4-10-16/h1-14,21-22H,15H2. The second kappa shape index (κ2) is 7.58. The van der Waals surface area contributed by atoms with E-state index in [-0.39, 0.29) is 5.75 Å². The van der Waals surface area contributed by atoms with Crippen LogP contribution >= 0.6 is 0 Å². The van der Waals surface area contributed by atoms with Gasteiger partial charge >= 0.3 is 0 Å². The van der Waals surface area contributed by atoms with Crippen LogP contribution in [0.15, 0.2) is 84.9 Å². The molecular formula is C22H18O5S. The molecule has 3 aromatic carbocycles. The van der Waals surface area contributed by atoms with Crippen LogP contribution < -0.4 is 4.74 Å². The average Bonchev–Trinajstić information content (AvgIpc) is 2.71. The molecule has 2 atom stereocenters. The molecular weight excluding hydrogens is 376 g/mol. The molecule has 6 heteroatoms. The van der Waals surface area contributed by atoms with E-state index >= 15 is 0 Å². The molecule has 0 aromatic heterocycles. The first-order chi connectivity index (χ1) is 13.5. The lowest BCUT2D eigenvalue weighted by molar-refractivity contribution is 0.0342. The number of para-hydroxylation sites is 1. The van der Waals surface area contributed by atoms with Gasteiger partial charge in [-0.2, -0.15) is 8.42 Å². The quantitative estimate of drug-likeness (QED) is 0.614. The molecule has 3 aromatic rings. The number of fused-ring (bicyclic) bond motifs is 1. The van der Waals surface area contributed by atoms with Crippen molar-refractivity contribution in [3.05, 3.63) is 102 Å². The normalized spacial score (nSPS) is 18.9. The summed E-state index contributed by atoms with van der Waals surface area (Å²) >= 11 is 0. The molecule has 28 heavy (non-hydrogen) atoms. The van der Waals surface area contributed by atoms with E-state index in [0.29, 0.717) is 22.4 Å². The van der Waals surface area contributed by atoms with E-state index in [1.165, 1.54) is 0 Å². The van der Waals surface area contributed by atoms with Gasteiger partial charge < -0.3 is 4.74 Å². The zero-order valence-corrected chi connectivity index (χ0v) is 15.7. The Hall–Kier alpha value is -2.96. The molecule has 1 heterocycles. The third kappa shape index (κ3) is 3.83. The van der Waals surface area contributed by atoms with E-state index in [9.17, 15) is 13.2 Å². The van der Waals surface area contributed by atoms with Crippen LogP contribution in [-0.4, -0.2) is 20.3 Å². The van der Waals surface area contributed by atoms with Crippen molar-refractivity contribution in [1.29, 1.82) is 0 Å². The Morgan fingerprint density at radius 3 is 2.14 bits per heavy atom. The molecule has 0 bridgehead atoms. The van der Waals surface area contributed by atoms with Crippen molar-refractivity contribution in [3.8, 4) is 5.75 Å². The molecule has 1 aliphatic rings. The first-order valence-electron chi connectivity index (χ1n) is 8.83. The van der Waals surface area contributed by atoms with Gasteiger partial charge in [0.1, 0.15) is 11.5 Å². The monoisotopic (exact) mass is 394 g/mol. The summed E-state index contributed by atoms with van der Waals surface area (Å²) in [6.07, 6.45) is -2.14. The van der Waals surface area contributed by atoms with Crippen LogP contribution in [0.5, 0.6) is 5.75 Å². The molecule has 0 N–H and O–H groups in total. The molecule has 0 spiro atoms. The van der Waals surface area contributed by atoms with Crippen molar-refractivity contribution < 1.29 is 22.1 Å². The van der Waals surface area contributed by atoms with Gasteiger partial charge in [0.2, 0.25) is 5.78 Å². The van der Waals surface area contributed by atoms with Crippen LogP contribution in [0.4, 0.5) is 0 Å². The van der Waals surface area contributed by atoms with Gasteiger partial charge in [-0.15, -0.1) is 0 Å². The van der Waals surface area contributed by atoms with Crippen LogP contribution in [0.2, 0.25) is 0 Å². The Morgan fingerprint density at radius 1 is 0.821 bits per heavy atom. The first-order valence-corrected chi connectivity index (χ1v) is 10.4. The fraction of sp³-hybridized carbons (Fsp3) is 0.136. The molecule has 2 unspecified atom stereocenters. The van der Waals surface area contributed by atoms with E-state index in [0.717, 1.165) is 0 Å². The fourth-order valence-electron chi connectivity index (χ4n) is 3.21. The zero-order chi connectivity index (χ0) is 19.6. The van der Waals surface area contributed by atoms with Gasteiger partial charge in [-0.25, -0.2) is 0 Å². The first kappa shape index (κ1) is 18.4. The van der Waals surface area contributed by atoms with E-state index < -0.39 is 28.1 Å². The van der Waals surface area contributed by atoms with Crippen LogP contribution in [0.25, 0.3) is 0 Å². The Morgan fingerprint density at radius 2 is 1.43 bits per heavy atom. The van der Waals surface area contributed by atoms with Gasteiger partial charge in [0, 0.05) is 0 Å². The maximum absolute atomic E-state index is 13.1. The summed E-state index contributed by atoms with van der Waals surface area (Å²) in [7, 11) is -4.01. The number of Topliss-reactive ketones (excluding diaryl/α,β-unsaturated/α-hetero) is 1. The number of hydrogen-bond donors (Lipinski definition) is 0. The SMILES string of the molecule is O=C1c2ccccc2OC(c2ccccc2)C1OS(=O)(=O)Cc1ccccc1. The Bertz CT molecular complexity index is 1080.